The smallest absolute Gasteiger partial charge is 0.269 e. The minimum Gasteiger partial charge on any atom is -0.341 e. The van der Waals surface area contributed by atoms with Crippen molar-refractivity contribution in [2.24, 2.45) is 5.73 Å². The molecule has 0 unspecified atom stereocenters. The summed E-state index contributed by atoms with van der Waals surface area (Å²) in [6, 6.07) is 5.36. The highest BCUT2D eigenvalue weighted by atomic mass is 32.1. The number of nitrogens with zero attached hydrogens (tertiary/aromatic N) is 2. The molecule has 1 fully saturated rings. The molecule has 0 aliphatic heterocycles. The van der Waals surface area contributed by atoms with Gasteiger partial charge in [-0.25, -0.2) is 13.8 Å². The predicted molar refractivity (Wildman–Crippen MR) is 101 cm³/mol. The summed E-state index contributed by atoms with van der Waals surface area (Å²) in [5, 5.41) is 2.47. The molecule has 3 aromatic heterocycles. The van der Waals surface area contributed by atoms with Crippen molar-refractivity contribution in [3.63, 3.8) is 0 Å². The molecule has 3 heterocycles. The Morgan fingerprint density at radius 1 is 1.44 bits per heavy atom. The van der Waals surface area contributed by atoms with Crippen LogP contribution >= 0.6 is 11.3 Å². The van der Waals surface area contributed by atoms with E-state index in [1.807, 2.05) is 35.7 Å². The first-order valence-corrected chi connectivity index (χ1v) is 9.65. The second kappa shape index (κ2) is 6.69. The Labute approximate surface area is 159 Å². The third-order valence-electron chi connectivity index (χ3n) is 5.05. The van der Waals surface area contributed by atoms with Crippen LogP contribution in [0.5, 0.6) is 0 Å². The number of alkyl halides is 2. The van der Waals surface area contributed by atoms with Crippen LogP contribution in [0.15, 0.2) is 36.7 Å². The number of rotatable bonds is 3. The molecule has 0 radical (unpaired) electrons. The van der Waals surface area contributed by atoms with Crippen molar-refractivity contribution in [3.8, 4) is 11.3 Å². The Hall–Kier alpha value is -2.32. The molecule has 0 spiro atoms. The van der Waals surface area contributed by atoms with Crippen LogP contribution in [0.2, 0.25) is 0 Å². The average Bonchev–Trinajstić information content (AvgIpc) is 3.21. The maximum atomic E-state index is 14.2. The fraction of sp³-hybridized carbons (Fsp3) is 0.368. The van der Waals surface area contributed by atoms with E-state index in [-0.39, 0.29) is 6.42 Å². The maximum absolute atomic E-state index is 14.2. The molecular weight excluding hydrogens is 370 g/mol. The molecular formula is C19H20F2N4OS. The van der Waals surface area contributed by atoms with Crippen molar-refractivity contribution >= 4 is 22.9 Å². The van der Waals surface area contributed by atoms with E-state index in [0.717, 1.165) is 21.8 Å². The zero-order chi connectivity index (χ0) is 19.2. The molecule has 4 rings (SSSR count). The van der Waals surface area contributed by atoms with Gasteiger partial charge in [0.05, 0.1) is 16.8 Å². The van der Waals surface area contributed by atoms with E-state index in [1.165, 1.54) is 11.3 Å². The number of aromatic nitrogens is 2. The predicted octanol–water partition coefficient (Wildman–Crippen LogP) is 3.62. The number of nitrogens with one attached hydrogen (secondary N) is 1. The van der Waals surface area contributed by atoms with Crippen LogP contribution in [0.25, 0.3) is 16.9 Å². The first-order chi connectivity index (χ1) is 12.9. The van der Waals surface area contributed by atoms with Gasteiger partial charge < -0.3 is 11.1 Å². The number of thiophene rings is 1. The van der Waals surface area contributed by atoms with Crippen LogP contribution in [0, 0.1) is 6.92 Å². The van der Waals surface area contributed by atoms with E-state index < -0.39 is 23.9 Å². The zero-order valence-corrected chi connectivity index (χ0v) is 15.6. The molecule has 2 atom stereocenters. The molecule has 8 heteroatoms. The lowest BCUT2D eigenvalue weighted by molar-refractivity contribution is -0.0674. The molecule has 3 aromatic rings. The van der Waals surface area contributed by atoms with E-state index in [1.54, 1.807) is 12.3 Å². The Morgan fingerprint density at radius 2 is 2.26 bits per heavy atom. The Kier molecular flexibility index (Phi) is 4.47. The number of amides is 1. The third-order valence-corrected chi connectivity index (χ3v) is 6.10. The van der Waals surface area contributed by atoms with E-state index in [4.69, 9.17) is 5.73 Å². The van der Waals surface area contributed by atoms with Crippen molar-refractivity contribution in [2.45, 2.75) is 44.2 Å². The molecule has 142 valence electrons. The minimum absolute atomic E-state index is 0.248. The van der Waals surface area contributed by atoms with Crippen LogP contribution in [-0.2, 0) is 0 Å². The lowest BCUT2D eigenvalue weighted by atomic mass is 9.87. The van der Waals surface area contributed by atoms with Gasteiger partial charge in [0, 0.05) is 29.1 Å². The van der Waals surface area contributed by atoms with E-state index in [2.05, 4.69) is 10.3 Å². The third kappa shape index (κ3) is 3.23. The molecule has 27 heavy (non-hydrogen) atoms. The summed E-state index contributed by atoms with van der Waals surface area (Å²) in [5.41, 5.74) is 8.38. The van der Waals surface area contributed by atoms with Gasteiger partial charge in [-0.2, -0.15) is 0 Å². The molecule has 0 aromatic carbocycles. The van der Waals surface area contributed by atoms with Crippen molar-refractivity contribution in [1.29, 1.82) is 0 Å². The number of carbonyl (C=O) groups excluding carboxylic acids is 1. The molecule has 1 amide bonds. The molecule has 3 N–H and O–H groups in total. The second-order valence-electron chi connectivity index (χ2n) is 6.92. The number of hydrogen-bond acceptors (Lipinski definition) is 4. The highest BCUT2D eigenvalue weighted by Gasteiger charge is 2.46. The summed E-state index contributed by atoms with van der Waals surface area (Å²) in [4.78, 5) is 18.3. The summed E-state index contributed by atoms with van der Waals surface area (Å²) in [6.07, 6.45) is 4.25. The fourth-order valence-electron chi connectivity index (χ4n) is 3.61. The van der Waals surface area contributed by atoms with Crippen LogP contribution in [0.4, 0.5) is 8.78 Å². The summed E-state index contributed by atoms with van der Waals surface area (Å²) < 4.78 is 30.3. The molecule has 0 bridgehead atoms. The number of pyridine rings is 1. The van der Waals surface area contributed by atoms with Crippen LogP contribution < -0.4 is 11.1 Å². The average molecular weight is 390 g/mol. The van der Waals surface area contributed by atoms with E-state index in [0.29, 0.717) is 17.7 Å². The second-order valence-corrected chi connectivity index (χ2v) is 8.18. The van der Waals surface area contributed by atoms with Crippen molar-refractivity contribution in [2.75, 3.05) is 0 Å². The number of imidazole rings is 1. The summed E-state index contributed by atoms with van der Waals surface area (Å²) in [5.74, 6) is -3.49. The number of halogens is 2. The first-order valence-electron chi connectivity index (χ1n) is 8.84. The lowest BCUT2D eigenvalue weighted by Gasteiger charge is -2.36. The highest BCUT2D eigenvalue weighted by molar-refractivity contribution is 7.14. The van der Waals surface area contributed by atoms with Crippen molar-refractivity contribution < 1.29 is 13.6 Å². The Morgan fingerprint density at radius 3 is 3.04 bits per heavy atom. The quantitative estimate of drug-likeness (QED) is 0.718. The monoisotopic (exact) mass is 390 g/mol. The van der Waals surface area contributed by atoms with Gasteiger partial charge in [-0.15, -0.1) is 11.3 Å². The number of carbonyl (C=O) groups is 1. The highest BCUT2D eigenvalue weighted by Crippen LogP contribution is 2.35. The number of hydrogen-bond donors (Lipinski definition) is 2. The normalized spacial score (nSPS) is 22.1. The number of aryl methyl sites for hydroxylation is 1. The molecule has 1 aliphatic rings. The van der Waals surface area contributed by atoms with Gasteiger partial charge in [-0.3, -0.25) is 9.20 Å². The van der Waals surface area contributed by atoms with Crippen LogP contribution in [0.3, 0.4) is 0 Å². The van der Waals surface area contributed by atoms with Gasteiger partial charge in [0.25, 0.3) is 11.8 Å². The molecule has 5 nitrogen and oxygen atoms in total. The summed E-state index contributed by atoms with van der Waals surface area (Å²) in [6.45, 7) is 1.90. The van der Waals surface area contributed by atoms with Crippen LogP contribution in [0.1, 0.15) is 33.8 Å². The number of fused-ring (bicyclic) bond motifs is 1. The molecule has 1 aliphatic carbocycles. The van der Waals surface area contributed by atoms with Crippen LogP contribution in [-0.4, -0.2) is 33.3 Å². The van der Waals surface area contributed by atoms with Gasteiger partial charge in [-0.05, 0) is 38.0 Å². The summed E-state index contributed by atoms with van der Waals surface area (Å²) >= 11 is 1.28. The van der Waals surface area contributed by atoms with Crippen molar-refractivity contribution in [3.05, 3.63) is 46.4 Å². The van der Waals surface area contributed by atoms with Gasteiger partial charge in [0.1, 0.15) is 11.7 Å². The van der Waals surface area contributed by atoms with Crippen molar-refractivity contribution in [1.82, 2.24) is 14.7 Å². The Bertz CT molecular complexity index is 997. The number of nitrogens with two attached hydrogens (primary N) is 1. The summed E-state index contributed by atoms with van der Waals surface area (Å²) in [7, 11) is 0. The topological polar surface area (TPSA) is 72.4 Å². The van der Waals surface area contributed by atoms with E-state index in [9.17, 15) is 13.6 Å². The van der Waals surface area contributed by atoms with Gasteiger partial charge in [0.15, 0.2) is 0 Å². The standard InChI is InChI=1S/C19H20F2N4OS/c1-11-12(14-10-23-16-6-2-3-8-25(14)16)9-15(27-11)18(26)24-17-13(22)5-4-7-19(17,20)21/h2-3,6,8-10,13,17H,4-5,7,22H2,1H3,(H,24,26)/t13-,17+/m0/s1. The van der Waals surface area contributed by atoms with Gasteiger partial charge in [0.2, 0.25) is 0 Å². The SMILES string of the molecule is Cc1sc(C(=O)N[C@@H]2[C@@H](N)CCCC2(F)F)cc1-c1cnc2ccccn12. The maximum Gasteiger partial charge on any atom is 0.269 e. The minimum atomic E-state index is -2.98. The molecule has 0 saturated heterocycles. The molecule has 1 saturated carbocycles. The lowest BCUT2D eigenvalue weighted by Crippen LogP contribution is -2.59. The largest absolute Gasteiger partial charge is 0.341 e. The van der Waals surface area contributed by atoms with E-state index >= 15 is 0 Å². The Balaban J connectivity index is 1.62. The fourth-order valence-corrected chi connectivity index (χ4v) is 4.55. The zero-order valence-electron chi connectivity index (χ0n) is 14.8. The van der Waals surface area contributed by atoms with Gasteiger partial charge in [-0.1, -0.05) is 6.07 Å². The first kappa shape index (κ1) is 18.1. The van der Waals surface area contributed by atoms with Gasteiger partial charge >= 0.3 is 0 Å².